The number of piperazine rings is 1. The van der Waals surface area contributed by atoms with Gasteiger partial charge in [-0.05, 0) is 61.8 Å². The lowest BCUT2D eigenvalue weighted by Gasteiger charge is -2.47. The van der Waals surface area contributed by atoms with E-state index in [9.17, 15) is 46.2 Å². The van der Waals surface area contributed by atoms with Gasteiger partial charge in [-0.3, -0.25) is 24.5 Å². The highest BCUT2D eigenvalue weighted by Gasteiger charge is 2.56. The first-order valence-electron chi connectivity index (χ1n) is 24.4. The van der Waals surface area contributed by atoms with Gasteiger partial charge in [0, 0.05) is 73.5 Å². The molecule has 5 heterocycles. The predicted molar refractivity (Wildman–Crippen MR) is 260 cm³/mol. The van der Waals surface area contributed by atoms with Crippen molar-refractivity contribution in [1.82, 2.24) is 50.8 Å². The van der Waals surface area contributed by atoms with E-state index >= 15 is 8.78 Å². The molecule has 0 saturated carbocycles. The second-order valence-corrected chi connectivity index (χ2v) is 20.8. The zero-order valence-corrected chi connectivity index (χ0v) is 42.8. The number of nitrogens with one attached hydrogen (secondary N) is 4. The number of imidazole rings is 1. The standard InChI is InChI=1S/C50H62F7N11O8/c1-48(2,3)40(62-46(72)74-6)43(71)64-67(21-34-35(51)15-29(16-36(34)52)38-22-66(26-60-38)44(53)54)23-39(69)37(61-42(70)41(63-47(73)75-7)49(4,5)50(55,56)57)14-27-8-10-28(11-9-27)30-17-58-45(59-18-30)65-19-31-12-13-32(20-65)68(31)33-24-76-25-33/h8-11,15-18,22,26,31-33,37,39-41,44,69H,12-14,19-21,23-25H2,1-7H3,(H,61,70)(H,62,72)(H,63,73)(H,64,71)/t31?,32?,37-,39-,40+,41?/m0/s1. The fourth-order valence-electron chi connectivity index (χ4n) is 9.54. The molecule has 414 valence electrons. The van der Waals surface area contributed by atoms with Crippen LogP contribution >= 0.6 is 0 Å². The van der Waals surface area contributed by atoms with Crippen LogP contribution < -0.4 is 26.3 Å². The highest BCUT2D eigenvalue weighted by atomic mass is 19.4. The molecule has 3 saturated heterocycles. The normalized spacial score (nSPS) is 18.9. The van der Waals surface area contributed by atoms with Crippen molar-refractivity contribution < 1.29 is 69.2 Å². The third-order valence-electron chi connectivity index (χ3n) is 14.1. The van der Waals surface area contributed by atoms with Gasteiger partial charge in [0.15, 0.2) is 0 Å². The Morgan fingerprint density at radius 1 is 0.803 bits per heavy atom. The fourth-order valence-corrected chi connectivity index (χ4v) is 9.54. The van der Waals surface area contributed by atoms with E-state index in [1.165, 1.54) is 0 Å². The molecule has 2 bridgehead atoms. The molecule has 26 heteroatoms. The molecule has 76 heavy (non-hydrogen) atoms. The van der Waals surface area contributed by atoms with Gasteiger partial charge >= 0.3 is 24.9 Å². The summed E-state index contributed by atoms with van der Waals surface area (Å²) < 4.78 is 118. The lowest BCUT2D eigenvalue weighted by molar-refractivity contribution is -0.220. The number of anilines is 1. The largest absolute Gasteiger partial charge is 0.453 e. The predicted octanol–water partition coefficient (Wildman–Crippen LogP) is 5.74. The molecule has 2 aromatic carbocycles. The Morgan fingerprint density at radius 3 is 1.88 bits per heavy atom. The summed E-state index contributed by atoms with van der Waals surface area (Å²) in [6.07, 6.45) is -2.54. The molecule has 3 aliphatic heterocycles. The number of aliphatic hydroxyl groups is 1. The molecule has 19 nitrogen and oxygen atoms in total. The number of halogens is 7. The van der Waals surface area contributed by atoms with Crippen molar-refractivity contribution in [3.8, 4) is 22.4 Å². The van der Waals surface area contributed by atoms with Crippen LogP contribution in [0.1, 0.15) is 65.1 Å². The molecule has 5 N–H and O–H groups in total. The van der Waals surface area contributed by atoms with Crippen molar-refractivity contribution in [3.63, 3.8) is 0 Å². The zero-order valence-electron chi connectivity index (χ0n) is 42.8. The van der Waals surface area contributed by atoms with Gasteiger partial charge < -0.3 is 40.2 Å². The summed E-state index contributed by atoms with van der Waals surface area (Å²) >= 11 is 0. The van der Waals surface area contributed by atoms with Crippen molar-refractivity contribution >= 4 is 29.9 Å². The quantitative estimate of drug-likeness (QED) is 0.0560. The summed E-state index contributed by atoms with van der Waals surface area (Å²) in [5.74, 6) is -4.28. The molecule has 4 aromatic rings. The van der Waals surface area contributed by atoms with Crippen molar-refractivity contribution in [2.45, 2.75) is 116 Å². The number of aliphatic hydroxyl groups excluding tert-OH is 1. The summed E-state index contributed by atoms with van der Waals surface area (Å²) in [4.78, 5) is 70.9. The van der Waals surface area contributed by atoms with Gasteiger partial charge in [-0.2, -0.15) is 22.0 Å². The summed E-state index contributed by atoms with van der Waals surface area (Å²) in [5, 5.41) is 19.8. The molecule has 3 fully saturated rings. The van der Waals surface area contributed by atoms with Crippen LogP contribution in [0.4, 0.5) is 46.3 Å². The molecule has 7 rings (SSSR count). The molecule has 3 unspecified atom stereocenters. The van der Waals surface area contributed by atoms with Crippen molar-refractivity contribution in [2.75, 3.05) is 52.0 Å². The van der Waals surface area contributed by atoms with Gasteiger partial charge in [0.2, 0.25) is 11.9 Å². The van der Waals surface area contributed by atoms with Crippen LogP contribution in [0.15, 0.2) is 61.3 Å². The number of carbonyl (C=O) groups is 4. The smallest absolute Gasteiger partial charge is 0.407 e. The third kappa shape index (κ3) is 13.1. The first-order valence-corrected chi connectivity index (χ1v) is 24.4. The topological polar surface area (TPSA) is 218 Å². The van der Waals surface area contributed by atoms with Crippen LogP contribution in [0, 0.1) is 22.5 Å². The number of carbonyl (C=O) groups excluding carboxylic acids is 4. The van der Waals surface area contributed by atoms with E-state index in [-0.39, 0.29) is 17.7 Å². The van der Waals surface area contributed by atoms with E-state index in [2.05, 4.69) is 45.5 Å². The van der Waals surface area contributed by atoms with Crippen molar-refractivity contribution in [3.05, 3.63) is 84.1 Å². The number of hydrogen-bond donors (Lipinski definition) is 5. The van der Waals surface area contributed by atoms with Crippen molar-refractivity contribution in [2.24, 2.45) is 10.8 Å². The SMILES string of the molecule is COC(=O)NC(C(=O)N[C@@H](Cc1ccc(-c2cnc(N3CC4CCC(C3)N4C3COC3)nc2)cc1)[C@@H](O)CN(Cc1c(F)cc(-c2cn(C(F)F)cn2)cc1F)NC(=O)[C@@H](NC(=O)OC)C(C)(C)C)C(C)(C)C(F)(F)F. The lowest BCUT2D eigenvalue weighted by Crippen LogP contribution is -2.63. The van der Waals surface area contributed by atoms with E-state index in [0.29, 0.717) is 59.2 Å². The molecule has 0 radical (unpaired) electrons. The average Bonchev–Trinajstić information content (AvgIpc) is 3.94. The number of ether oxygens (including phenoxy) is 3. The summed E-state index contributed by atoms with van der Waals surface area (Å²) in [6.45, 7) is 4.46. The Labute approximate surface area is 433 Å². The van der Waals surface area contributed by atoms with E-state index in [4.69, 9.17) is 9.47 Å². The van der Waals surface area contributed by atoms with Crippen LogP contribution in [-0.2, 0) is 36.8 Å². The molecule has 0 aliphatic carbocycles. The van der Waals surface area contributed by atoms with Crippen LogP contribution in [0.2, 0.25) is 0 Å². The number of hydrazine groups is 1. The summed E-state index contributed by atoms with van der Waals surface area (Å²) in [6, 6.07) is 4.16. The first-order chi connectivity index (χ1) is 35.8. The van der Waals surface area contributed by atoms with E-state index in [1.54, 1.807) is 57.4 Å². The van der Waals surface area contributed by atoms with E-state index in [1.807, 2.05) is 5.32 Å². The van der Waals surface area contributed by atoms with Crippen LogP contribution in [-0.4, -0.2) is 154 Å². The van der Waals surface area contributed by atoms with Gasteiger partial charge in [0.1, 0.15) is 23.7 Å². The van der Waals surface area contributed by atoms with Crippen molar-refractivity contribution in [1.29, 1.82) is 0 Å². The monoisotopic (exact) mass is 1080 g/mol. The van der Waals surface area contributed by atoms with Gasteiger partial charge in [0.05, 0.1) is 63.1 Å². The Morgan fingerprint density at radius 2 is 1.38 bits per heavy atom. The summed E-state index contributed by atoms with van der Waals surface area (Å²) in [7, 11) is 1.93. The Hall–Kier alpha value is -6.64. The number of benzene rings is 2. The molecule has 6 atom stereocenters. The number of aromatic nitrogens is 4. The number of methoxy groups -OCH3 is 2. The Kier molecular flexibility index (Phi) is 17.5. The van der Waals surface area contributed by atoms with Gasteiger partial charge in [-0.25, -0.2) is 38.3 Å². The third-order valence-corrected chi connectivity index (χ3v) is 14.1. The minimum atomic E-state index is -5.09. The molecular weight excluding hydrogens is 1020 g/mol. The Bertz CT molecular complexity index is 2650. The minimum absolute atomic E-state index is 0.204. The number of fused-ring (bicyclic) bond motifs is 2. The van der Waals surface area contributed by atoms with Gasteiger partial charge in [-0.15, -0.1) is 0 Å². The number of nitrogens with zero attached hydrogens (tertiary/aromatic N) is 7. The minimum Gasteiger partial charge on any atom is -0.453 e. The maximum absolute atomic E-state index is 16.0. The van der Waals surface area contributed by atoms with E-state index < -0.39 is 102 Å². The molecule has 2 aromatic heterocycles. The van der Waals surface area contributed by atoms with Gasteiger partial charge in [-0.1, -0.05) is 45.0 Å². The number of amides is 4. The number of hydrogen-bond acceptors (Lipinski definition) is 14. The molecule has 4 amide bonds. The maximum atomic E-state index is 16.0. The molecule has 0 spiro atoms. The number of alkyl carbamates (subject to hydrolysis) is 2. The van der Waals surface area contributed by atoms with Gasteiger partial charge in [0.25, 0.3) is 5.91 Å². The number of rotatable bonds is 19. The molecule has 3 aliphatic rings. The summed E-state index contributed by atoms with van der Waals surface area (Å²) in [5.41, 5.74) is -0.934. The molecular formula is C50H62F7N11O8. The van der Waals surface area contributed by atoms with Crippen LogP contribution in [0.5, 0.6) is 0 Å². The highest BCUT2D eigenvalue weighted by Crippen LogP contribution is 2.41. The van der Waals surface area contributed by atoms with Crippen LogP contribution in [0.25, 0.3) is 22.4 Å². The van der Waals surface area contributed by atoms with Crippen LogP contribution in [0.3, 0.4) is 0 Å². The second-order valence-electron chi connectivity index (χ2n) is 20.8. The zero-order chi connectivity index (χ0) is 55.4. The average molecular weight is 1080 g/mol. The fraction of sp³-hybridized carbons (Fsp3) is 0.540. The Balaban J connectivity index is 1.18. The lowest BCUT2D eigenvalue weighted by atomic mass is 9.82. The maximum Gasteiger partial charge on any atom is 0.407 e. The first kappa shape index (κ1) is 57.1. The second kappa shape index (κ2) is 23.3. The highest BCUT2D eigenvalue weighted by molar-refractivity contribution is 5.87. The van der Waals surface area contributed by atoms with E-state index in [0.717, 1.165) is 83.0 Å². The number of alkyl halides is 5.